The zero-order chi connectivity index (χ0) is 13.4. The molecule has 1 aromatic rings. The van der Waals surface area contributed by atoms with Gasteiger partial charge in [-0.15, -0.1) is 0 Å². The third-order valence-corrected chi connectivity index (χ3v) is 4.36. The highest BCUT2D eigenvalue weighted by Gasteiger charge is 2.36. The highest BCUT2D eigenvalue weighted by Crippen LogP contribution is 2.41. The maximum Gasteiger partial charge on any atom is 0.142 e. The smallest absolute Gasteiger partial charge is 0.142 e. The summed E-state index contributed by atoms with van der Waals surface area (Å²) in [7, 11) is 0. The largest absolute Gasteiger partial charge is 0.390 e. The van der Waals surface area contributed by atoms with Crippen LogP contribution in [0.15, 0.2) is 18.2 Å². The minimum absolute atomic E-state index is 0.135. The normalized spacial score (nSPS) is 21.8. The molecular weight excluding hydrogens is 251 g/mol. The van der Waals surface area contributed by atoms with Crippen molar-refractivity contribution < 1.29 is 9.50 Å². The second-order valence-corrected chi connectivity index (χ2v) is 6.72. The molecule has 1 aliphatic carbocycles. The first-order valence-electron chi connectivity index (χ1n) is 6.46. The van der Waals surface area contributed by atoms with E-state index in [0.717, 1.165) is 31.2 Å². The van der Waals surface area contributed by atoms with Gasteiger partial charge in [0.05, 0.1) is 10.6 Å². The van der Waals surface area contributed by atoms with E-state index < -0.39 is 11.4 Å². The number of rotatable bonds is 2. The van der Waals surface area contributed by atoms with Gasteiger partial charge < -0.3 is 5.11 Å². The van der Waals surface area contributed by atoms with E-state index in [1.165, 1.54) is 6.07 Å². The quantitative estimate of drug-likeness (QED) is 0.847. The third kappa shape index (κ3) is 3.24. The summed E-state index contributed by atoms with van der Waals surface area (Å²) < 4.78 is 13.4. The molecule has 0 heterocycles. The molecule has 100 valence electrons. The van der Waals surface area contributed by atoms with Crippen LogP contribution in [0.4, 0.5) is 4.39 Å². The Hall–Kier alpha value is -0.600. The molecule has 1 saturated carbocycles. The topological polar surface area (TPSA) is 20.2 Å². The molecule has 0 radical (unpaired) electrons. The van der Waals surface area contributed by atoms with E-state index in [0.29, 0.717) is 11.8 Å². The van der Waals surface area contributed by atoms with Crippen LogP contribution in [0.25, 0.3) is 0 Å². The van der Waals surface area contributed by atoms with E-state index in [1.807, 2.05) is 0 Å². The molecular formula is C15H20ClFO. The van der Waals surface area contributed by atoms with E-state index in [1.54, 1.807) is 12.1 Å². The lowest BCUT2D eigenvalue weighted by molar-refractivity contribution is -0.0251. The van der Waals surface area contributed by atoms with Gasteiger partial charge in [0.15, 0.2) is 0 Å². The second-order valence-electron chi connectivity index (χ2n) is 6.31. The van der Waals surface area contributed by atoms with E-state index in [2.05, 4.69) is 13.8 Å². The van der Waals surface area contributed by atoms with Crippen molar-refractivity contribution in [3.8, 4) is 0 Å². The molecule has 0 saturated heterocycles. The fourth-order valence-corrected chi connectivity index (χ4v) is 2.72. The minimum atomic E-state index is -0.685. The summed E-state index contributed by atoms with van der Waals surface area (Å²) in [6, 6.07) is 4.78. The van der Waals surface area contributed by atoms with E-state index in [9.17, 15) is 9.50 Å². The number of hydrogen-bond donors (Lipinski definition) is 1. The van der Waals surface area contributed by atoms with Crippen molar-refractivity contribution in [3.05, 3.63) is 34.6 Å². The van der Waals surface area contributed by atoms with Gasteiger partial charge in [-0.3, -0.25) is 0 Å². The molecule has 0 amide bonds. The van der Waals surface area contributed by atoms with Gasteiger partial charge in [0, 0.05) is 6.42 Å². The number of benzene rings is 1. The zero-order valence-electron chi connectivity index (χ0n) is 11.0. The standard InChI is InChI=1S/C15H20ClFO/c1-14(2)5-7-15(18,8-6-14)10-11-3-4-12(16)13(17)9-11/h3-4,9,18H,5-8,10H2,1-2H3. The number of aliphatic hydroxyl groups is 1. The van der Waals surface area contributed by atoms with Gasteiger partial charge in [-0.05, 0) is 48.8 Å². The molecule has 18 heavy (non-hydrogen) atoms. The van der Waals surface area contributed by atoms with Crippen molar-refractivity contribution in [2.45, 2.75) is 51.6 Å². The average molecular weight is 271 g/mol. The van der Waals surface area contributed by atoms with Crippen molar-refractivity contribution in [1.82, 2.24) is 0 Å². The summed E-state index contributed by atoms with van der Waals surface area (Å²) in [5.41, 5.74) is 0.451. The summed E-state index contributed by atoms with van der Waals surface area (Å²) in [4.78, 5) is 0. The summed E-state index contributed by atoms with van der Waals surface area (Å²) in [6.07, 6.45) is 4.10. The van der Waals surface area contributed by atoms with Gasteiger partial charge in [-0.1, -0.05) is 31.5 Å². The predicted octanol–water partition coefficient (Wildman–Crippen LogP) is 4.35. The number of halogens is 2. The van der Waals surface area contributed by atoms with Gasteiger partial charge in [-0.25, -0.2) is 4.39 Å². The summed E-state index contributed by atoms with van der Waals surface area (Å²) in [5, 5.41) is 10.7. The van der Waals surface area contributed by atoms with Crippen LogP contribution < -0.4 is 0 Å². The minimum Gasteiger partial charge on any atom is -0.390 e. The molecule has 0 unspecified atom stereocenters. The van der Waals surface area contributed by atoms with Crippen molar-refractivity contribution in [1.29, 1.82) is 0 Å². The molecule has 1 aliphatic rings. The molecule has 1 nitrogen and oxygen atoms in total. The maximum atomic E-state index is 13.4. The van der Waals surface area contributed by atoms with Gasteiger partial charge in [0.1, 0.15) is 5.82 Å². The van der Waals surface area contributed by atoms with E-state index in [4.69, 9.17) is 11.6 Å². The molecule has 2 rings (SSSR count). The van der Waals surface area contributed by atoms with Crippen molar-refractivity contribution in [2.75, 3.05) is 0 Å². The van der Waals surface area contributed by atoms with Gasteiger partial charge in [-0.2, -0.15) is 0 Å². The molecule has 0 spiro atoms. The fourth-order valence-electron chi connectivity index (χ4n) is 2.60. The molecule has 1 N–H and O–H groups in total. The van der Waals surface area contributed by atoms with Crippen molar-refractivity contribution in [2.24, 2.45) is 5.41 Å². The highest BCUT2D eigenvalue weighted by atomic mass is 35.5. The van der Waals surface area contributed by atoms with Crippen LogP contribution in [0, 0.1) is 11.2 Å². The van der Waals surface area contributed by atoms with Crippen LogP contribution in [-0.4, -0.2) is 10.7 Å². The number of hydrogen-bond acceptors (Lipinski definition) is 1. The first-order valence-corrected chi connectivity index (χ1v) is 6.84. The molecule has 0 bridgehead atoms. The highest BCUT2D eigenvalue weighted by molar-refractivity contribution is 6.30. The SMILES string of the molecule is CC1(C)CCC(O)(Cc2ccc(Cl)c(F)c2)CC1. The lowest BCUT2D eigenvalue weighted by Gasteiger charge is -2.40. The lowest BCUT2D eigenvalue weighted by atomic mass is 9.69. The summed E-state index contributed by atoms with van der Waals surface area (Å²) in [6.45, 7) is 4.46. The van der Waals surface area contributed by atoms with E-state index in [-0.39, 0.29) is 5.02 Å². The van der Waals surface area contributed by atoms with Crippen LogP contribution >= 0.6 is 11.6 Å². The van der Waals surface area contributed by atoms with Crippen LogP contribution in [0.3, 0.4) is 0 Å². The van der Waals surface area contributed by atoms with Crippen LogP contribution in [0.2, 0.25) is 5.02 Å². The Morgan fingerprint density at radius 2 is 1.83 bits per heavy atom. The Labute approximate surface area is 113 Å². The first-order chi connectivity index (χ1) is 8.30. The Morgan fingerprint density at radius 1 is 1.22 bits per heavy atom. The lowest BCUT2D eigenvalue weighted by Crippen LogP contribution is -2.38. The molecule has 1 fully saturated rings. The Morgan fingerprint density at radius 3 is 2.39 bits per heavy atom. The second kappa shape index (κ2) is 4.82. The van der Waals surface area contributed by atoms with Crippen molar-refractivity contribution >= 4 is 11.6 Å². The molecule has 0 aliphatic heterocycles. The van der Waals surface area contributed by atoms with Crippen molar-refractivity contribution in [3.63, 3.8) is 0 Å². The monoisotopic (exact) mass is 270 g/mol. The average Bonchev–Trinajstić information content (AvgIpc) is 2.29. The third-order valence-electron chi connectivity index (χ3n) is 4.05. The molecule has 1 aromatic carbocycles. The Kier molecular flexibility index (Phi) is 3.70. The maximum absolute atomic E-state index is 13.4. The van der Waals surface area contributed by atoms with Gasteiger partial charge >= 0.3 is 0 Å². The van der Waals surface area contributed by atoms with Gasteiger partial charge in [0.25, 0.3) is 0 Å². The first kappa shape index (κ1) is 13.8. The van der Waals surface area contributed by atoms with Gasteiger partial charge in [0.2, 0.25) is 0 Å². The molecule has 3 heteroatoms. The Balaban J connectivity index is 2.07. The summed E-state index contributed by atoms with van der Waals surface area (Å²) in [5.74, 6) is -0.408. The Bertz CT molecular complexity index is 432. The zero-order valence-corrected chi connectivity index (χ0v) is 11.7. The van der Waals surface area contributed by atoms with Crippen LogP contribution in [0.5, 0.6) is 0 Å². The van der Waals surface area contributed by atoms with Crippen LogP contribution in [-0.2, 0) is 6.42 Å². The van der Waals surface area contributed by atoms with Crippen LogP contribution in [0.1, 0.15) is 45.1 Å². The predicted molar refractivity (Wildman–Crippen MR) is 72.3 cm³/mol. The summed E-state index contributed by atoms with van der Waals surface area (Å²) >= 11 is 5.66. The molecule has 0 atom stereocenters. The fraction of sp³-hybridized carbons (Fsp3) is 0.600. The molecule has 0 aromatic heterocycles. The van der Waals surface area contributed by atoms with E-state index >= 15 is 0 Å².